The minimum Gasteiger partial charge on any atom is -0.494 e. The van der Waals surface area contributed by atoms with Crippen molar-refractivity contribution in [2.24, 2.45) is 0 Å². The number of methoxy groups -OCH3 is 2. The van der Waals surface area contributed by atoms with Crippen molar-refractivity contribution >= 4 is 11.9 Å². The SMILES string of the molecule is CCCCOc1cc(C)c(-c2nn(-c3ccccc3)c(C(=O)OC)c2C(=O)OC)c(C)c1. The highest BCUT2D eigenvalue weighted by molar-refractivity contribution is 6.07. The Morgan fingerprint density at radius 1 is 0.969 bits per heavy atom. The predicted octanol–water partition coefficient (Wildman–Crippen LogP) is 4.91. The van der Waals surface area contributed by atoms with Crippen LogP contribution in [-0.2, 0) is 9.47 Å². The summed E-state index contributed by atoms with van der Waals surface area (Å²) < 4.78 is 17.3. The van der Waals surface area contributed by atoms with Gasteiger partial charge in [-0.25, -0.2) is 14.3 Å². The minimum atomic E-state index is -0.678. The normalized spacial score (nSPS) is 10.7. The van der Waals surface area contributed by atoms with E-state index in [1.165, 1.54) is 18.9 Å². The topological polar surface area (TPSA) is 79.7 Å². The molecule has 168 valence electrons. The van der Waals surface area contributed by atoms with Crippen LogP contribution in [0.4, 0.5) is 0 Å². The van der Waals surface area contributed by atoms with Crippen LogP contribution in [0.5, 0.6) is 5.75 Å². The van der Waals surface area contributed by atoms with Gasteiger partial charge in [-0.1, -0.05) is 31.5 Å². The van der Waals surface area contributed by atoms with E-state index in [1.807, 2.05) is 44.2 Å². The fourth-order valence-corrected chi connectivity index (χ4v) is 3.64. The third kappa shape index (κ3) is 4.51. The average Bonchev–Trinajstić information content (AvgIpc) is 3.18. The first-order valence-corrected chi connectivity index (χ1v) is 10.5. The number of esters is 2. The van der Waals surface area contributed by atoms with E-state index >= 15 is 0 Å². The predicted molar refractivity (Wildman–Crippen MR) is 122 cm³/mol. The fourth-order valence-electron chi connectivity index (χ4n) is 3.64. The Labute approximate surface area is 187 Å². The lowest BCUT2D eigenvalue weighted by Gasteiger charge is -2.13. The van der Waals surface area contributed by atoms with Crippen molar-refractivity contribution in [1.29, 1.82) is 0 Å². The molecule has 0 fully saturated rings. The van der Waals surface area contributed by atoms with Crippen molar-refractivity contribution in [1.82, 2.24) is 9.78 Å². The van der Waals surface area contributed by atoms with Crippen LogP contribution in [0.15, 0.2) is 42.5 Å². The van der Waals surface area contributed by atoms with E-state index in [9.17, 15) is 9.59 Å². The highest BCUT2D eigenvalue weighted by atomic mass is 16.5. The molecule has 0 unspecified atom stereocenters. The number of unbranched alkanes of at least 4 members (excludes halogenated alkanes) is 1. The maximum atomic E-state index is 12.8. The van der Waals surface area contributed by atoms with Gasteiger partial charge in [0, 0.05) is 5.56 Å². The molecule has 3 aromatic rings. The van der Waals surface area contributed by atoms with Crippen molar-refractivity contribution < 1.29 is 23.8 Å². The second-order valence-electron chi connectivity index (χ2n) is 7.44. The van der Waals surface area contributed by atoms with Crippen LogP contribution < -0.4 is 4.74 Å². The molecule has 0 amide bonds. The van der Waals surface area contributed by atoms with Gasteiger partial charge in [-0.2, -0.15) is 5.10 Å². The summed E-state index contributed by atoms with van der Waals surface area (Å²) in [5, 5.41) is 4.69. The summed E-state index contributed by atoms with van der Waals surface area (Å²) >= 11 is 0. The maximum Gasteiger partial charge on any atom is 0.357 e. The lowest BCUT2D eigenvalue weighted by molar-refractivity contribution is 0.0549. The molecular formula is C25H28N2O5. The summed E-state index contributed by atoms with van der Waals surface area (Å²) in [5.74, 6) is -0.583. The number of carbonyl (C=O) groups is 2. The van der Waals surface area contributed by atoms with E-state index in [0.717, 1.165) is 35.3 Å². The van der Waals surface area contributed by atoms with Crippen LogP contribution in [0, 0.1) is 13.8 Å². The van der Waals surface area contributed by atoms with Crippen molar-refractivity contribution in [2.45, 2.75) is 33.6 Å². The van der Waals surface area contributed by atoms with E-state index in [4.69, 9.17) is 14.2 Å². The third-order valence-corrected chi connectivity index (χ3v) is 5.16. The van der Waals surface area contributed by atoms with Gasteiger partial charge in [0.25, 0.3) is 0 Å². The number of hydrogen-bond acceptors (Lipinski definition) is 6. The molecule has 0 saturated heterocycles. The van der Waals surface area contributed by atoms with Crippen LogP contribution in [0.3, 0.4) is 0 Å². The molecule has 0 aliphatic rings. The van der Waals surface area contributed by atoms with E-state index in [-0.39, 0.29) is 11.3 Å². The number of aryl methyl sites for hydroxylation is 2. The summed E-state index contributed by atoms with van der Waals surface area (Å²) in [4.78, 5) is 25.6. The molecule has 1 heterocycles. The van der Waals surface area contributed by atoms with Gasteiger partial charge >= 0.3 is 11.9 Å². The first kappa shape index (κ1) is 23.1. The molecule has 0 atom stereocenters. The van der Waals surface area contributed by atoms with Crippen LogP contribution >= 0.6 is 0 Å². The molecule has 0 spiro atoms. The Hall–Kier alpha value is -3.61. The van der Waals surface area contributed by atoms with Gasteiger partial charge in [0.05, 0.1) is 26.5 Å². The number of hydrogen-bond donors (Lipinski definition) is 0. The molecule has 1 aromatic heterocycles. The zero-order valence-corrected chi connectivity index (χ0v) is 19.1. The Morgan fingerprint density at radius 3 is 2.16 bits per heavy atom. The number of ether oxygens (including phenoxy) is 3. The largest absolute Gasteiger partial charge is 0.494 e. The monoisotopic (exact) mass is 436 g/mol. The number of aromatic nitrogens is 2. The van der Waals surface area contributed by atoms with E-state index in [0.29, 0.717) is 18.0 Å². The molecule has 0 aliphatic heterocycles. The van der Waals surface area contributed by atoms with Gasteiger partial charge in [-0.3, -0.25) is 0 Å². The zero-order chi connectivity index (χ0) is 23.3. The number of rotatable bonds is 8. The first-order chi connectivity index (χ1) is 15.4. The smallest absolute Gasteiger partial charge is 0.357 e. The van der Waals surface area contributed by atoms with Gasteiger partial charge in [0.2, 0.25) is 0 Å². The summed E-state index contributed by atoms with van der Waals surface area (Å²) in [6.07, 6.45) is 2.02. The Kier molecular flexibility index (Phi) is 7.30. The standard InChI is InChI=1S/C25H28N2O5/c1-6-7-13-32-19-14-16(2)20(17(3)15-19)22-21(24(28)30-4)23(25(29)31-5)27(26-22)18-11-9-8-10-12-18/h8-12,14-15H,6-7,13H2,1-5H3. The third-order valence-electron chi connectivity index (χ3n) is 5.16. The van der Waals surface area contributed by atoms with Crippen LogP contribution in [0.2, 0.25) is 0 Å². The Morgan fingerprint density at radius 2 is 1.59 bits per heavy atom. The Balaban J connectivity index is 2.26. The van der Waals surface area contributed by atoms with E-state index < -0.39 is 11.9 Å². The number of benzene rings is 2. The summed E-state index contributed by atoms with van der Waals surface area (Å²) in [7, 11) is 2.54. The lowest BCUT2D eigenvalue weighted by Crippen LogP contribution is -2.15. The Bertz CT molecular complexity index is 1100. The van der Waals surface area contributed by atoms with Gasteiger partial charge in [-0.05, 0) is 55.7 Å². The highest BCUT2D eigenvalue weighted by Gasteiger charge is 2.32. The van der Waals surface area contributed by atoms with Gasteiger partial charge < -0.3 is 14.2 Å². The maximum absolute atomic E-state index is 12.8. The molecule has 2 aromatic carbocycles. The average molecular weight is 437 g/mol. The highest BCUT2D eigenvalue weighted by Crippen LogP contribution is 2.35. The molecule has 7 nitrogen and oxygen atoms in total. The van der Waals surface area contributed by atoms with E-state index in [1.54, 1.807) is 12.1 Å². The summed E-state index contributed by atoms with van der Waals surface area (Å²) in [5.41, 5.74) is 3.55. The molecular weight excluding hydrogens is 408 g/mol. The quantitative estimate of drug-likeness (QED) is 0.369. The summed E-state index contributed by atoms with van der Waals surface area (Å²) in [6, 6.07) is 12.9. The van der Waals surface area contributed by atoms with Crippen LogP contribution in [0.1, 0.15) is 51.7 Å². The summed E-state index contributed by atoms with van der Waals surface area (Å²) in [6.45, 7) is 6.60. The number of carbonyl (C=O) groups excluding carboxylic acids is 2. The molecule has 0 N–H and O–H groups in total. The lowest BCUT2D eigenvalue weighted by atomic mass is 9.96. The van der Waals surface area contributed by atoms with Crippen LogP contribution in [0.25, 0.3) is 16.9 Å². The number of para-hydroxylation sites is 1. The van der Waals surface area contributed by atoms with E-state index in [2.05, 4.69) is 12.0 Å². The van der Waals surface area contributed by atoms with Crippen molar-refractivity contribution in [3.8, 4) is 22.7 Å². The van der Waals surface area contributed by atoms with Gasteiger partial charge in [0.1, 0.15) is 17.0 Å². The number of nitrogens with zero attached hydrogens (tertiary/aromatic N) is 2. The molecule has 0 radical (unpaired) electrons. The molecule has 3 rings (SSSR count). The van der Waals surface area contributed by atoms with Crippen LogP contribution in [-0.4, -0.2) is 42.5 Å². The second-order valence-corrected chi connectivity index (χ2v) is 7.44. The molecule has 0 bridgehead atoms. The fraction of sp³-hybridized carbons (Fsp3) is 0.320. The first-order valence-electron chi connectivity index (χ1n) is 10.5. The van der Waals surface area contributed by atoms with Gasteiger partial charge in [-0.15, -0.1) is 0 Å². The molecule has 0 aliphatic carbocycles. The minimum absolute atomic E-state index is 0.0163. The molecule has 32 heavy (non-hydrogen) atoms. The zero-order valence-electron chi connectivity index (χ0n) is 19.1. The molecule has 7 heteroatoms. The van der Waals surface area contributed by atoms with Gasteiger partial charge in [0.15, 0.2) is 5.69 Å². The second kappa shape index (κ2) is 10.1. The van der Waals surface area contributed by atoms with Crippen molar-refractivity contribution in [2.75, 3.05) is 20.8 Å². The molecule has 0 saturated carbocycles. The van der Waals surface area contributed by atoms with Crippen molar-refractivity contribution in [3.05, 3.63) is 64.8 Å². The van der Waals surface area contributed by atoms with Crippen molar-refractivity contribution in [3.63, 3.8) is 0 Å².